The van der Waals surface area contributed by atoms with Crippen LogP contribution in [0.15, 0.2) is 35.6 Å². The molecule has 1 saturated carbocycles. The Labute approximate surface area is 265 Å². The summed E-state index contributed by atoms with van der Waals surface area (Å²) < 4.78 is 1.48. The highest BCUT2D eigenvalue weighted by molar-refractivity contribution is 6.41. The number of aliphatic imine (C=N–C) groups is 1. The van der Waals surface area contributed by atoms with Crippen molar-refractivity contribution in [1.29, 1.82) is 0 Å². The summed E-state index contributed by atoms with van der Waals surface area (Å²) in [5.74, 6) is -3.96. The second-order valence-corrected chi connectivity index (χ2v) is 12.7. The number of carbonyl (C=O) groups excluding carboxylic acids is 5. The van der Waals surface area contributed by atoms with Gasteiger partial charge in [0.1, 0.15) is 17.4 Å². The van der Waals surface area contributed by atoms with E-state index in [0.717, 1.165) is 37.5 Å². The molecule has 46 heavy (non-hydrogen) atoms. The van der Waals surface area contributed by atoms with Crippen molar-refractivity contribution in [3.8, 4) is 0 Å². The molecule has 5 N–H and O–H groups in total. The quantitative estimate of drug-likeness (QED) is 0.187. The second-order valence-electron chi connectivity index (χ2n) is 12.7. The number of nitrogens with one attached hydrogen (secondary N) is 2. The number of carbonyl (C=O) groups is 5. The number of ketones is 1. The van der Waals surface area contributed by atoms with E-state index in [-0.39, 0.29) is 36.6 Å². The summed E-state index contributed by atoms with van der Waals surface area (Å²) in [5, 5.41) is 28.9. The maximum atomic E-state index is 14.4. The number of rotatable bonds is 10. The van der Waals surface area contributed by atoms with Gasteiger partial charge in [-0.05, 0) is 39.2 Å². The normalized spacial score (nSPS) is 20.1. The molecule has 15 nitrogen and oxygen atoms in total. The van der Waals surface area contributed by atoms with Crippen molar-refractivity contribution in [3.05, 3.63) is 41.9 Å². The predicted molar refractivity (Wildman–Crippen MR) is 165 cm³/mol. The number of benzene rings is 1. The Balaban J connectivity index is 1.51. The lowest BCUT2D eigenvalue weighted by Crippen LogP contribution is -2.52. The molecular weight excluding hydrogens is 594 g/mol. The van der Waals surface area contributed by atoms with Gasteiger partial charge in [0.05, 0.1) is 41.3 Å². The van der Waals surface area contributed by atoms with Crippen molar-refractivity contribution in [3.63, 3.8) is 0 Å². The number of nitrogens with zero attached hydrogens (tertiary/aromatic N) is 6. The molecule has 2 aromatic heterocycles. The zero-order valence-electron chi connectivity index (χ0n) is 26.1. The summed E-state index contributed by atoms with van der Waals surface area (Å²) in [5.41, 5.74) is 4.97. The molecule has 3 aromatic rings. The molecule has 2 fully saturated rings. The van der Waals surface area contributed by atoms with Gasteiger partial charge in [0, 0.05) is 18.4 Å². The van der Waals surface area contributed by atoms with Gasteiger partial charge in [-0.3, -0.25) is 29.1 Å². The van der Waals surface area contributed by atoms with E-state index in [1.54, 1.807) is 38.2 Å². The van der Waals surface area contributed by atoms with Crippen LogP contribution in [-0.4, -0.2) is 88.9 Å². The summed E-state index contributed by atoms with van der Waals surface area (Å²) in [4.78, 5) is 71.1. The maximum absolute atomic E-state index is 14.4. The highest BCUT2D eigenvalue weighted by Crippen LogP contribution is 2.33. The van der Waals surface area contributed by atoms with Crippen molar-refractivity contribution in [2.24, 2.45) is 16.6 Å². The first-order valence-corrected chi connectivity index (χ1v) is 15.5. The minimum absolute atomic E-state index is 0.0183. The van der Waals surface area contributed by atoms with E-state index in [9.17, 15) is 29.1 Å². The number of aromatic amines is 1. The lowest BCUT2D eigenvalue weighted by Gasteiger charge is -2.27. The molecule has 5 rings (SSSR count). The molecule has 0 spiro atoms. The third-order valence-corrected chi connectivity index (χ3v) is 8.78. The van der Waals surface area contributed by atoms with Crippen molar-refractivity contribution < 1.29 is 29.1 Å². The monoisotopic (exact) mass is 633 g/mol. The average molecular weight is 634 g/mol. The SMILES string of the molecule is CC(NC(=O)[C@@H]1C[C@H](n2nncc2C(C)(C)O)CN1C(=O)C(CC1CCCCC1)=NC(=O)c1cccc2cn[nH]c12)C(=O)C(N)=O. The van der Waals surface area contributed by atoms with Crippen LogP contribution in [0, 0.1) is 5.92 Å². The fourth-order valence-corrected chi connectivity index (χ4v) is 6.35. The van der Waals surface area contributed by atoms with Crippen LogP contribution in [0.25, 0.3) is 10.9 Å². The number of fused-ring (bicyclic) bond motifs is 1. The average Bonchev–Trinajstić information content (AvgIpc) is 3.79. The Hall–Kier alpha value is -4.79. The van der Waals surface area contributed by atoms with Crippen LogP contribution in [-0.2, 0) is 24.8 Å². The van der Waals surface area contributed by atoms with Crippen LogP contribution in [0.5, 0.6) is 0 Å². The smallest absolute Gasteiger partial charge is 0.287 e. The predicted octanol–water partition coefficient (Wildman–Crippen LogP) is 1.33. The number of amides is 4. The molecule has 0 radical (unpaired) electrons. The Morgan fingerprint density at radius 1 is 1.15 bits per heavy atom. The van der Waals surface area contributed by atoms with Crippen molar-refractivity contribution in [2.75, 3.05) is 6.54 Å². The largest absolute Gasteiger partial charge is 0.384 e. The van der Waals surface area contributed by atoms with Crippen molar-refractivity contribution in [1.82, 2.24) is 35.4 Å². The maximum Gasteiger partial charge on any atom is 0.287 e. The third kappa shape index (κ3) is 6.88. The first kappa shape index (κ1) is 32.6. The molecule has 4 amide bonds. The van der Waals surface area contributed by atoms with E-state index in [1.165, 1.54) is 22.7 Å². The summed E-state index contributed by atoms with van der Waals surface area (Å²) >= 11 is 0. The van der Waals surface area contributed by atoms with Gasteiger partial charge in [-0.1, -0.05) is 49.5 Å². The molecule has 1 aliphatic carbocycles. The van der Waals surface area contributed by atoms with Crippen molar-refractivity contribution in [2.45, 2.75) is 89.4 Å². The lowest BCUT2D eigenvalue weighted by atomic mass is 9.85. The number of aromatic nitrogens is 5. The van der Waals surface area contributed by atoms with Gasteiger partial charge in [-0.2, -0.15) is 5.10 Å². The third-order valence-electron chi connectivity index (χ3n) is 8.78. The molecule has 1 aromatic carbocycles. The van der Waals surface area contributed by atoms with Gasteiger partial charge in [-0.25, -0.2) is 9.67 Å². The molecule has 3 heterocycles. The first-order valence-electron chi connectivity index (χ1n) is 15.5. The standard InChI is InChI=1S/C31H39N9O6/c1-17(26(41)27(32)42)35-29(44)23-13-20(40-24(15-34-38-40)31(2,3)46)16-39(23)30(45)22(12-18-8-5-4-6-9-18)36-28(43)21-11-7-10-19-14-33-37-25(19)21/h7,10-11,14-15,17-18,20,23,46H,4-6,8-9,12-13,16H2,1-3H3,(H2,32,42)(H,33,37)(H,35,44)/t17?,20-,23-/m0/s1. The number of para-hydroxylation sites is 1. The van der Waals surface area contributed by atoms with E-state index in [0.29, 0.717) is 11.2 Å². The van der Waals surface area contributed by atoms with Crippen LogP contribution in [0.3, 0.4) is 0 Å². The van der Waals surface area contributed by atoms with Gasteiger partial charge in [-0.15, -0.1) is 5.10 Å². The molecule has 1 saturated heterocycles. The zero-order valence-corrected chi connectivity index (χ0v) is 26.1. The van der Waals surface area contributed by atoms with Crippen molar-refractivity contribution >= 4 is 46.0 Å². The van der Waals surface area contributed by atoms with Gasteiger partial charge >= 0.3 is 0 Å². The summed E-state index contributed by atoms with van der Waals surface area (Å²) in [7, 11) is 0. The van der Waals surface area contributed by atoms with E-state index >= 15 is 0 Å². The number of H-pyrrole nitrogens is 1. The minimum Gasteiger partial charge on any atom is -0.384 e. The Bertz CT molecular complexity index is 1680. The minimum atomic E-state index is -1.32. The number of nitrogens with two attached hydrogens (primary N) is 1. The van der Waals surface area contributed by atoms with E-state index in [2.05, 4.69) is 30.8 Å². The van der Waals surface area contributed by atoms with Gasteiger partial charge in [0.25, 0.3) is 17.7 Å². The number of aliphatic hydroxyl groups is 1. The number of Topliss-reactive ketones (excluding diaryl/α,β-unsaturated/α-hetero) is 1. The van der Waals surface area contributed by atoms with Crippen LogP contribution in [0.1, 0.15) is 87.8 Å². The van der Waals surface area contributed by atoms with Crippen LogP contribution in [0.2, 0.25) is 0 Å². The molecule has 15 heteroatoms. The Morgan fingerprint density at radius 3 is 2.59 bits per heavy atom. The number of hydrogen-bond acceptors (Lipinski definition) is 9. The number of hydrogen-bond donors (Lipinski definition) is 4. The Kier molecular flexibility index (Phi) is 9.42. The Morgan fingerprint density at radius 2 is 1.89 bits per heavy atom. The molecule has 1 unspecified atom stereocenters. The van der Waals surface area contributed by atoms with E-state index < -0.39 is 53.1 Å². The zero-order chi connectivity index (χ0) is 33.2. The summed E-state index contributed by atoms with van der Waals surface area (Å²) in [6.07, 6.45) is 8.16. The molecule has 1 aliphatic heterocycles. The highest BCUT2D eigenvalue weighted by atomic mass is 16.3. The van der Waals surface area contributed by atoms with Crippen LogP contribution >= 0.6 is 0 Å². The topological polar surface area (TPSA) is 219 Å². The first-order chi connectivity index (χ1) is 21.8. The molecule has 244 valence electrons. The molecule has 2 aliphatic rings. The van der Waals surface area contributed by atoms with Gasteiger partial charge in [0.2, 0.25) is 11.7 Å². The van der Waals surface area contributed by atoms with Crippen LogP contribution < -0.4 is 11.1 Å². The second kappa shape index (κ2) is 13.3. The van der Waals surface area contributed by atoms with E-state index in [1.807, 2.05) is 0 Å². The summed E-state index contributed by atoms with van der Waals surface area (Å²) in [6.45, 7) is 4.46. The fourth-order valence-electron chi connectivity index (χ4n) is 6.35. The van der Waals surface area contributed by atoms with Crippen LogP contribution in [0.4, 0.5) is 0 Å². The number of primary amides is 1. The molecule has 3 atom stereocenters. The number of likely N-dealkylation sites (tertiary alicyclic amines) is 1. The summed E-state index contributed by atoms with van der Waals surface area (Å²) in [6, 6.07) is 2.18. The lowest BCUT2D eigenvalue weighted by molar-refractivity contribution is -0.139. The molecular formula is C31H39N9O6. The van der Waals surface area contributed by atoms with Gasteiger partial charge < -0.3 is 21.1 Å². The molecule has 0 bridgehead atoms. The van der Waals surface area contributed by atoms with Gasteiger partial charge in [0.15, 0.2) is 0 Å². The highest BCUT2D eigenvalue weighted by Gasteiger charge is 2.44. The fraction of sp³-hybridized carbons (Fsp3) is 0.516. The van der Waals surface area contributed by atoms with E-state index in [4.69, 9.17) is 5.73 Å².